The molecule has 0 fully saturated rings. The number of ether oxygens (including phenoxy) is 1. The molecule has 0 aromatic carbocycles. The Balaban J connectivity index is 1.79. The zero-order chi connectivity index (χ0) is 22.7. The van der Waals surface area contributed by atoms with Gasteiger partial charge in [0.25, 0.3) is 5.91 Å². The highest BCUT2D eigenvalue weighted by molar-refractivity contribution is 8.00. The Morgan fingerprint density at radius 3 is 2.84 bits per heavy atom. The zero-order valence-electron chi connectivity index (χ0n) is 15.9. The van der Waals surface area contributed by atoms with Crippen LogP contribution in [0.3, 0.4) is 0 Å². The number of thioether (sulfide) groups is 1. The predicted molar refractivity (Wildman–Crippen MR) is 108 cm³/mol. The number of aromatic nitrogens is 1. The highest BCUT2D eigenvalue weighted by atomic mass is 32.2. The first-order valence-corrected chi connectivity index (χ1v) is 10.6. The van der Waals surface area contributed by atoms with E-state index in [1.54, 1.807) is 6.92 Å². The van der Waals surface area contributed by atoms with Crippen LogP contribution in [0.15, 0.2) is 21.8 Å². The number of cyclic esters (lactones) is 1. The van der Waals surface area contributed by atoms with E-state index in [2.05, 4.69) is 25.6 Å². The molecular formula is C16H17N5O8S2. The highest BCUT2D eigenvalue weighted by Crippen LogP contribution is 2.32. The van der Waals surface area contributed by atoms with Crippen molar-refractivity contribution in [1.82, 2.24) is 15.6 Å². The number of hydrogen-bond acceptors (Lipinski definition) is 12. The van der Waals surface area contributed by atoms with Crippen molar-refractivity contribution in [3.8, 4) is 0 Å². The highest BCUT2D eigenvalue weighted by Gasteiger charge is 2.41. The summed E-state index contributed by atoms with van der Waals surface area (Å²) >= 11 is 2.18. The van der Waals surface area contributed by atoms with Crippen LogP contribution in [0.4, 0.5) is 5.13 Å². The number of nitrogens with two attached hydrogens (primary N) is 1. The minimum Gasteiger partial charge on any atom is -0.480 e. The minimum atomic E-state index is -1.48. The number of nitrogens with zero attached hydrogens (tertiary/aromatic N) is 2. The summed E-state index contributed by atoms with van der Waals surface area (Å²) in [7, 11) is 0. The number of nitrogens with one attached hydrogen (secondary N) is 2. The number of esters is 1. The van der Waals surface area contributed by atoms with Crippen molar-refractivity contribution < 1.29 is 39.0 Å². The SMILES string of the molecule is CC1OC(=O)C2=C1CSC(C(NC(=O)/C(=N\OCC(=O)O)c1csc(N)n1)C(=O)O)N2. The number of oxime groups is 1. The van der Waals surface area contributed by atoms with E-state index in [1.165, 1.54) is 17.1 Å². The third-order valence-corrected chi connectivity index (χ3v) is 6.08. The lowest BCUT2D eigenvalue weighted by Gasteiger charge is -2.29. The average molecular weight is 471 g/mol. The molecule has 2 aliphatic rings. The molecule has 3 atom stereocenters. The monoisotopic (exact) mass is 471 g/mol. The van der Waals surface area contributed by atoms with Crippen molar-refractivity contribution in [1.29, 1.82) is 0 Å². The molecule has 166 valence electrons. The molecule has 0 radical (unpaired) electrons. The molecule has 1 aromatic rings. The van der Waals surface area contributed by atoms with Gasteiger partial charge in [-0.25, -0.2) is 19.4 Å². The van der Waals surface area contributed by atoms with Crippen molar-refractivity contribution >= 4 is 57.8 Å². The summed E-state index contributed by atoms with van der Waals surface area (Å²) in [5, 5.41) is 27.6. The van der Waals surface area contributed by atoms with Gasteiger partial charge in [-0.3, -0.25) is 4.79 Å². The second-order valence-electron chi connectivity index (χ2n) is 6.29. The van der Waals surface area contributed by atoms with Gasteiger partial charge in [0.1, 0.15) is 22.9 Å². The largest absolute Gasteiger partial charge is 0.480 e. The lowest BCUT2D eigenvalue weighted by atomic mass is 10.1. The van der Waals surface area contributed by atoms with Gasteiger partial charge >= 0.3 is 17.9 Å². The molecule has 1 amide bonds. The smallest absolute Gasteiger partial charge is 0.355 e. The predicted octanol–water partition coefficient (Wildman–Crippen LogP) is -1.04. The summed E-state index contributed by atoms with van der Waals surface area (Å²) in [4.78, 5) is 55.8. The molecule has 0 aliphatic carbocycles. The van der Waals surface area contributed by atoms with Crippen LogP contribution < -0.4 is 16.4 Å². The first-order valence-electron chi connectivity index (χ1n) is 8.66. The molecule has 31 heavy (non-hydrogen) atoms. The summed E-state index contributed by atoms with van der Waals surface area (Å²) < 4.78 is 5.11. The van der Waals surface area contributed by atoms with Gasteiger partial charge in [-0.05, 0) is 6.92 Å². The van der Waals surface area contributed by atoms with Gasteiger partial charge in [0.15, 0.2) is 16.9 Å². The molecule has 0 bridgehead atoms. The number of rotatable bonds is 8. The number of nitrogen functional groups attached to an aromatic ring is 1. The number of anilines is 1. The number of carboxylic acids is 2. The molecule has 1 aromatic heterocycles. The number of hydrogen-bond donors (Lipinski definition) is 5. The molecule has 3 heterocycles. The third-order valence-electron chi connectivity index (χ3n) is 4.18. The molecular weight excluding hydrogens is 454 g/mol. The van der Waals surface area contributed by atoms with Gasteiger partial charge in [-0.2, -0.15) is 0 Å². The van der Waals surface area contributed by atoms with Crippen LogP contribution in [0.1, 0.15) is 12.6 Å². The maximum absolute atomic E-state index is 12.8. The molecule has 3 rings (SSSR count). The maximum Gasteiger partial charge on any atom is 0.355 e. The maximum atomic E-state index is 12.8. The van der Waals surface area contributed by atoms with E-state index in [-0.39, 0.29) is 16.5 Å². The fourth-order valence-electron chi connectivity index (χ4n) is 2.74. The summed E-state index contributed by atoms with van der Waals surface area (Å²) in [6, 6.07) is -1.48. The Labute approximate surface area is 182 Å². The number of carbonyl (C=O) groups excluding carboxylic acids is 2. The fraction of sp³-hybridized carbons (Fsp3) is 0.375. The van der Waals surface area contributed by atoms with Crippen LogP contribution in [-0.4, -0.2) is 74.6 Å². The Morgan fingerprint density at radius 2 is 2.23 bits per heavy atom. The van der Waals surface area contributed by atoms with Crippen LogP contribution in [0, 0.1) is 0 Å². The standard InChI is InChI=1S/C16H17N5O8S2/c1-5-6-3-30-13(20-9(6)15(27)29-5)11(14(25)26)19-12(24)10(21-28-2-8(22)23)7-4-31-16(17)18-7/h4-5,11,13,20H,2-3H2,1H3,(H2,17,18)(H,19,24)(H,22,23)(H,25,26)/b21-10-. The molecule has 6 N–H and O–H groups in total. The van der Waals surface area contributed by atoms with E-state index >= 15 is 0 Å². The molecule has 13 nitrogen and oxygen atoms in total. The van der Waals surface area contributed by atoms with Crippen molar-refractivity contribution in [2.75, 3.05) is 18.1 Å². The van der Waals surface area contributed by atoms with Crippen LogP contribution in [0.25, 0.3) is 0 Å². The van der Waals surface area contributed by atoms with Crippen molar-refractivity contribution in [2.45, 2.75) is 24.4 Å². The molecule has 0 saturated heterocycles. The Hall–Kier alpha value is -3.33. The summed E-state index contributed by atoms with van der Waals surface area (Å²) in [6.45, 7) is 0.884. The zero-order valence-corrected chi connectivity index (χ0v) is 17.5. The van der Waals surface area contributed by atoms with E-state index in [4.69, 9.17) is 15.6 Å². The average Bonchev–Trinajstić information content (AvgIpc) is 3.25. The van der Waals surface area contributed by atoms with Gasteiger partial charge in [0.05, 0.1) is 0 Å². The van der Waals surface area contributed by atoms with Gasteiger partial charge < -0.3 is 36.2 Å². The summed E-state index contributed by atoms with van der Waals surface area (Å²) in [5.41, 5.74) is 5.99. The molecule has 0 spiro atoms. The van der Waals surface area contributed by atoms with Crippen LogP contribution in [-0.2, 0) is 28.8 Å². The van der Waals surface area contributed by atoms with E-state index < -0.39 is 53.7 Å². The quantitative estimate of drug-likeness (QED) is 0.175. The third kappa shape index (κ3) is 5.05. The van der Waals surface area contributed by atoms with E-state index in [9.17, 15) is 24.3 Å². The number of amides is 1. The fourth-order valence-corrected chi connectivity index (χ4v) is 4.60. The Bertz CT molecular complexity index is 990. The van der Waals surface area contributed by atoms with Crippen LogP contribution in [0.2, 0.25) is 0 Å². The molecule has 15 heteroatoms. The Morgan fingerprint density at radius 1 is 1.48 bits per heavy atom. The molecule has 3 unspecified atom stereocenters. The van der Waals surface area contributed by atoms with E-state index in [0.717, 1.165) is 11.3 Å². The van der Waals surface area contributed by atoms with Crippen LogP contribution >= 0.6 is 23.1 Å². The van der Waals surface area contributed by atoms with Crippen LogP contribution in [0.5, 0.6) is 0 Å². The lowest BCUT2D eigenvalue weighted by molar-refractivity contribution is -0.142. The van der Waals surface area contributed by atoms with Gasteiger partial charge in [-0.1, -0.05) is 5.16 Å². The topological polar surface area (TPSA) is 203 Å². The number of carboxylic acid groups (broad SMARTS) is 2. The Kier molecular flexibility index (Phi) is 6.65. The minimum absolute atomic E-state index is 0.0167. The van der Waals surface area contributed by atoms with Crippen molar-refractivity contribution in [3.05, 3.63) is 22.3 Å². The van der Waals surface area contributed by atoms with Gasteiger partial charge in [0, 0.05) is 16.7 Å². The number of aliphatic carboxylic acids is 2. The van der Waals surface area contributed by atoms with Gasteiger partial charge in [0.2, 0.25) is 6.61 Å². The summed E-state index contributed by atoms with van der Waals surface area (Å²) in [5.74, 6) is -3.93. The second-order valence-corrected chi connectivity index (χ2v) is 8.31. The first kappa shape index (κ1) is 22.4. The molecule has 2 aliphatic heterocycles. The summed E-state index contributed by atoms with van der Waals surface area (Å²) in [6.07, 6.45) is -0.415. The van der Waals surface area contributed by atoms with E-state index in [1.807, 2.05) is 0 Å². The number of carbonyl (C=O) groups is 4. The molecule has 0 saturated carbocycles. The van der Waals surface area contributed by atoms with Gasteiger partial charge in [-0.15, -0.1) is 23.1 Å². The lowest BCUT2D eigenvalue weighted by Crippen LogP contribution is -2.55. The first-order chi connectivity index (χ1) is 14.7. The van der Waals surface area contributed by atoms with Crippen molar-refractivity contribution in [2.24, 2.45) is 5.16 Å². The normalized spacial score (nSPS) is 21.6. The van der Waals surface area contributed by atoms with Crippen molar-refractivity contribution in [3.63, 3.8) is 0 Å². The number of thiazole rings is 1. The van der Waals surface area contributed by atoms with E-state index in [0.29, 0.717) is 11.3 Å². The second kappa shape index (κ2) is 9.22.